The van der Waals surface area contributed by atoms with E-state index in [1.165, 1.54) is 76.2 Å². The molecule has 4 aliphatic heterocycles. The zero-order valence-electron chi connectivity index (χ0n) is 61.9. The van der Waals surface area contributed by atoms with Gasteiger partial charge in [-0.3, -0.25) is 45.3 Å². The zero-order valence-corrected chi connectivity index (χ0v) is 62.7. The van der Waals surface area contributed by atoms with E-state index in [2.05, 4.69) is 21.3 Å². The first-order valence-corrected chi connectivity index (χ1v) is 34.3. The molecule has 4 aliphatic rings. The van der Waals surface area contributed by atoms with Crippen LogP contribution < -0.4 is 70.6 Å². The molecular formula is C67H89ClN10O33. The molecule has 0 aromatic heterocycles. The Morgan fingerprint density at radius 1 is 0.450 bits per heavy atom. The highest BCUT2D eigenvalue weighted by atomic mass is 35.5. The molecule has 4 heterocycles. The van der Waals surface area contributed by atoms with Crippen molar-refractivity contribution in [1.29, 1.82) is 0 Å². The largest absolute Gasteiger partial charge is 0.480 e. The number of ether oxygens (including phenoxy) is 13. The van der Waals surface area contributed by atoms with Crippen molar-refractivity contribution < 1.29 is 140 Å². The highest BCUT2D eigenvalue weighted by Gasteiger charge is 2.33. The van der Waals surface area contributed by atoms with Crippen molar-refractivity contribution in [3.63, 3.8) is 0 Å². The fourth-order valence-corrected chi connectivity index (χ4v) is 9.97. The SMILES string of the molecule is CC(C)(C)OC(=O)N[C@@H](CCCCN)C(=O)O.CC(O)c1cc2c(cc1[N+](=O)[O-])OCO2.CC(OC(=O)Cl)c1cc2c(cc1[N+](=O)[O-])OCO2.CC(OC(=O)NCCCC[C@H](N)C(=O)O)c1cc2c(cc1[N+](=O)[O-])OCO2.CC(OC(=O)NCCCC[C@H](NC(=O)OC(C)(C)C)C(=O)O)c1cc2c(cc1[N+](=O)[O-])OCO2. The summed E-state index contributed by atoms with van der Waals surface area (Å²) in [5.41, 5.74) is 8.16. The topological polar surface area (TPSA) is 610 Å². The van der Waals surface area contributed by atoms with Crippen LogP contribution in [0.4, 0.5) is 46.7 Å². The molecule has 7 atom stereocenters. The maximum absolute atomic E-state index is 12.1. The summed E-state index contributed by atoms with van der Waals surface area (Å²) in [5.74, 6) is -0.724. The quantitative estimate of drug-likeness (QED) is 0.00762. The second-order valence-corrected chi connectivity index (χ2v) is 26.3. The van der Waals surface area contributed by atoms with Gasteiger partial charge in [0, 0.05) is 24.7 Å². The molecule has 4 amide bonds. The van der Waals surface area contributed by atoms with Crippen LogP contribution in [-0.4, -0.2) is 164 Å². The average molecular weight is 1600 g/mol. The van der Waals surface area contributed by atoms with E-state index in [1.807, 2.05) is 0 Å². The van der Waals surface area contributed by atoms with Gasteiger partial charge in [-0.05, 0) is 158 Å². The Morgan fingerprint density at radius 2 is 0.730 bits per heavy atom. The fourth-order valence-electron chi connectivity index (χ4n) is 9.84. The predicted octanol–water partition coefficient (Wildman–Crippen LogP) is 10.2. The minimum absolute atomic E-state index is 0.000381. The molecule has 0 spiro atoms. The number of alkyl carbamates (subject to hydrolysis) is 4. The van der Waals surface area contributed by atoms with Crippen molar-refractivity contribution in [3.8, 4) is 46.0 Å². The molecule has 0 saturated carbocycles. The van der Waals surface area contributed by atoms with Crippen LogP contribution in [0, 0.1) is 40.5 Å². The normalized spacial score (nSPS) is 14.1. The highest BCUT2D eigenvalue weighted by Crippen LogP contribution is 2.45. The molecular weight excluding hydrogens is 1510 g/mol. The molecule has 12 N–H and O–H groups in total. The van der Waals surface area contributed by atoms with Crippen LogP contribution in [0.25, 0.3) is 0 Å². The summed E-state index contributed by atoms with van der Waals surface area (Å²) < 4.78 is 66.1. The average Bonchev–Trinajstić information content (AvgIpc) is 1.76. The van der Waals surface area contributed by atoms with E-state index in [4.69, 9.17) is 94.9 Å². The summed E-state index contributed by atoms with van der Waals surface area (Å²) in [4.78, 5) is 133. The number of carboxylic acid groups (broad SMARTS) is 3. The number of hydrogen-bond acceptors (Lipinski definition) is 32. The lowest BCUT2D eigenvalue weighted by molar-refractivity contribution is -0.386. The molecule has 4 aromatic carbocycles. The van der Waals surface area contributed by atoms with Gasteiger partial charge < -0.3 is 115 Å². The lowest BCUT2D eigenvalue weighted by atomic mass is 10.1. The summed E-state index contributed by atoms with van der Waals surface area (Å²) in [6, 6.07) is 7.65. The minimum atomic E-state index is -1.20. The van der Waals surface area contributed by atoms with E-state index in [0.29, 0.717) is 80.2 Å². The molecule has 43 nitrogen and oxygen atoms in total. The number of aliphatic carboxylic acids is 3. The van der Waals surface area contributed by atoms with Crippen molar-refractivity contribution in [2.24, 2.45) is 11.5 Å². The number of aliphatic hydroxyl groups excluding tert-OH is 1. The number of amides is 4. The summed E-state index contributed by atoms with van der Waals surface area (Å²) >= 11 is 5.08. The molecule has 612 valence electrons. The summed E-state index contributed by atoms with van der Waals surface area (Å²) in [6.07, 6.45) is -2.65. The van der Waals surface area contributed by atoms with E-state index in [0.717, 1.165) is 6.42 Å². The number of aliphatic hydroxyl groups is 1. The Morgan fingerprint density at radius 3 is 1.00 bits per heavy atom. The maximum atomic E-state index is 12.1. The van der Waals surface area contributed by atoms with Crippen molar-refractivity contribution in [2.45, 2.75) is 181 Å². The number of fused-ring (bicyclic) bond motifs is 4. The van der Waals surface area contributed by atoms with Gasteiger partial charge in [-0.15, -0.1) is 0 Å². The number of rotatable bonds is 30. The monoisotopic (exact) mass is 1600 g/mol. The number of nitrogens with one attached hydrogen (secondary N) is 4. The molecule has 0 aliphatic carbocycles. The lowest BCUT2D eigenvalue weighted by Gasteiger charge is -2.22. The molecule has 8 rings (SSSR count). The van der Waals surface area contributed by atoms with Crippen LogP contribution in [0.3, 0.4) is 0 Å². The molecule has 0 saturated heterocycles. The number of hydrogen-bond donors (Lipinski definition) is 10. The Kier molecular flexibility index (Phi) is 35.6. The van der Waals surface area contributed by atoms with Gasteiger partial charge >= 0.3 is 47.7 Å². The number of unbranched alkanes of at least 4 members (excludes halogenated alkanes) is 3. The van der Waals surface area contributed by atoms with Gasteiger partial charge in [0.2, 0.25) is 27.2 Å². The van der Waals surface area contributed by atoms with Crippen LogP contribution in [-0.2, 0) is 38.1 Å². The van der Waals surface area contributed by atoms with Crippen LogP contribution >= 0.6 is 11.6 Å². The number of nitro benzene ring substituents is 4. The summed E-state index contributed by atoms with van der Waals surface area (Å²) in [6.45, 7) is 17.0. The van der Waals surface area contributed by atoms with Gasteiger partial charge in [-0.2, -0.15) is 0 Å². The Balaban J connectivity index is 0.000000303. The van der Waals surface area contributed by atoms with Gasteiger partial charge in [0.05, 0.1) is 72.3 Å². The predicted molar refractivity (Wildman–Crippen MR) is 382 cm³/mol. The van der Waals surface area contributed by atoms with Gasteiger partial charge in [-0.25, -0.2) is 33.6 Å². The number of halogens is 1. The van der Waals surface area contributed by atoms with Crippen molar-refractivity contribution in [1.82, 2.24) is 21.3 Å². The molecule has 4 unspecified atom stereocenters. The Hall–Kier alpha value is -12.0. The highest BCUT2D eigenvalue weighted by molar-refractivity contribution is 6.61. The van der Waals surface area contributed by atoms with Crippen molar-refractivity contribution >= 4 is 82.1 Å². The third-order valence-electron chi connectivity index (χ3n) is 15.1. The minimum Gasteiger partial charge on any atom is -0.480 e. The summed E-state index contributed by atoms with van der Waals surface area (Å²) in [5, 5.41) is 90.2. The maximum Gasteiger partial charge on any atom is 0.408 e. The van der Waals surface area contributed by atoms with E-state index in [-0.39, 0.29) is 109 Å². The van der Waals surface area contributed by atoms with Crippen LogP contribution in [0.15, 0.2) is 48.5 Å². The number of carbonyl (C=O) groups excluding carboxylic acids is 5. The zero-order chi connectivity index (χ0) is 83.2. The number of carboxylic acids is 3. The summed E-state index contributed by atoms with van der Waals surface area (Å²) in [7, 11) is 0. The second kappa shape index (κ2) is 43.3. The second-order valence-electron chi connectivity index (χ2n) is 26.0. The molecule has 0 radical (unpaired) electrons. The first-order chi connectivity index (χ1) is 52.0. The van der Waals surface area contributed by atoms with E-state index >= 15 is 0 Å². The number of nitrogens with zero attached hydrogens (tertiary/aromatic N) is 4. The van der Waals surface area contributed by atoms with Gasteiger partial charge in [-0.1, -0.05) is 0 Å². The molecule has 0 bridgehead atoms. The smallest absolute Gasteiger partial charge is 0.408 e. The van der Waals surface area contributed by atoms with Crippen LogP contribution in [0.2, 0.25) is 0 Å². The van der Waals surface area contributed by atoms with Gasteiger partial charge in [0.1, 0.15) is 47.6 Å². The standard InChI is InChI=1S/C21H29N3O10.C16H21N3O8.C11H22N2O4.C10H8ClNO6.C9H9NO5/c1-12(13-9-16-17(32-11-31-16)10-15(13)24(29)30)33-19(27)22-8-6-5-7-14(18(25)26)23-20(28)34-21(2,3)4;1-9(27-16(22)18-5-3-2-4-11(17)15(20)21)10-6-13-14(26-8-25-13)7-12(10)19(23)24;1-11(2,3)17-10(16)13-8(9(14)15)6-4-5-7-12;1-5(18-10(11)13)6-2-8-9(17-4-16-8)3-7(6)12(14)15;1-5(11)6-2-8-9(15-4-14-8)3-7(6)10(12)13/h9-10,12,14H,5-8,11H2,1-4H3,(H,22,27)(H,23,28)(H,25,26);6-7,9,11H,2-5,8,17H2,1H3,(H,18,22)(H,20,21);8H,4-7,12H2,1-3H3,(H,13,16)(H,14,15);2-3,5H,4H2,1H3;2-3,5,11H,4H2,1H3/t12?,14-;9?,11-;8-;;/m000../s1. The van der Waals surface area contributed by atoms with E-state index < -0.39 is 121 Å². The van der Waals surface area contributed by atoms with Crippen molar-refractivity contribution in [3.05, 3.63) is 111 Å². The number of carbonyl (C=O) groups is 8. The van der Waals surface area contributed by atoms with Gasteiger partial charge in [0.15, 0.2) is 46.0 Å². The number of benzene rings is 4. The van der Waals surface area contributed by atoms with Crippen molar-refractivity contribution in [2.75, 3.05) is 46.8 Å². The number of nitrogens with two attached hydrogens (primary N) is 2. The first-order valence-electron chi connectivity index (χ1n) is 33.9. The number of nitro groups is 4. The van der Waals surface area contributed by atoms with Crippen LogP contribution in [0.1, 0.15) is 174 Å². The van der Waals surface area contributed by atoms with Gasteiger partial charge in [0.25, 0.3) is 22.7 Å². The lowest BCUT2D eigenvalue weighted by Crippen LogP contribution is -2.43. The fraction of sp³-hybridized carbons (Fsp3) is 0.522. The Bertz CT molecular complexity index is 3960. The van der Waals surface area contributed by atoms with E-state index in [9.17, 15) is 89.0 Å². The third kappa shape index (κ3) is 30.9. The molecule has 111 heavy (non-hydrogen) atoms. The molecule has 44 heteroatoms. The first kappa shape index (κ1) is 91.4. The molecule has 0 fully saturated rings. The Labute approximate surface area is 637 Å². The molecule has 4 aromatic rings. The van der Waals surface area contributed by atoms with Crippen LogP contribution in [0.5, 0.6) is 46.0 Å². The van der Waals surface area contributed by atoms with E-state index in [1.54, 1.807) is 41.5 Å². The third-order valence-corrected chi connectivity index (χ3v) is 15.2.